The number of hydrogen-bond donors (Lipinski definition) is 2. The maximum absolute atomic E-state index is 11.1. The molecule has 2 heterocycles. The summed E-state index contributed by atoms with van der Waals surface area (Å²) < 4.78 is 2.11. The largest absolute Gasteiger partial charge is 0.340 e. The molecule has 62 valence electrons. The van der Waals surface area contributed by atoms with Crippen LogP contribution in [-0.4, -0.2) is 14.6 Å². The molecule has 0 aromatic carbocycles. The van der Waals surface area contributed by atoms with Crippen LogP contribution in [0.15, 0.2) is 26.3 Å². The van der Waals surface area contributed by atoms with E-state index in [1.165, 1.54) is 4.52 Å². The van der Waals surface area contributed by atoms with E-state index in [9.17, 15) is 9.59 Å². The zero-order valence-corrected chi connectivity index (χ0v) is 7.38. The van der Waals surface area contributed by atoms with E-state index in [2.05, 4.69) is 26.0 Å². The van der Waals surface area contributed by atoms with Crippen LogP contribution in [0.25, 0.3) is 5.52 Å². The standard InChI is InChI=1S/C6H4BrN3O2/c7-3-1-4-5(11)8-6(12)9-10(4)2-3/h1-2H,(H2,8,9,11,12). The highest BCUT2D eigenvalue weighted by Gasteiger charge is 2.00. The first kappa shape index (κ1) is 7.35. The van der Waals surface area contributed by atoms with E-state index < -0.39 is 11.2 Å². The molecule has 0 unspecified atom stereocenters. The lowest BCUT2D eigenvalue weighted by atomic mass is 10.5. The van der Waals surface area contributed by atoms with Crippen LogP contribution in [-0.2, 0) is 0 Å². The summed E-state index contributed by atoms with van der Waals surface area (Å²) in [5.41, 5.74) is -0.512. The lowest BCUT2D eigenvalue weighted by Gasteiger charge is -1.89. The number of fused-ring (bicyclic) bond motifs is 1. The third-order valence-corrected chi connectivity index (χ3v) is 1.90. The van der Waals surface area contributed by atoms with E-state index in [-0.39, 0.29) is 0 Å². The summed E-state index contributed by atoms with van der Waals surface area (Å²) in [4.78, 5) is 24.0. The van der Waals surface area contributed by atoms with Gasteiger partial charge in [0.2, 0.25) is 0 Å². The molecule has 0 fully saturated rings. The number of aromatic nitrogens is 3. The number of nitrogens with zero attached hydrogens (tertiary/aromatic N) is 1. The lowest BCUT2D eigenvalue weighted by Crippen LogP contribution is -2.24. The van der Waals surface area contributed by atoms with Crippen molar-refractivity contribution in [2.45, 2.75) is 0 Å². The molecule has 0 atom stereocenters. The number of hydrogen-bond acceptors (Lipinski definition) is 2. The van der Waals surface area contributed by atoms with Gasteiger partial charge in [-0.25, -0.2) is 9.89 Å². The summed E-state index contributed by atoms with van der Waals surface area (Å²) in [6.45, 7) is 0. The van der Waals surface area contributed by atoms with E-state index in [0.717, 1.165) is 4.47 Å². The Morgan fingerprint density at radius 3 is 2.92 bits per heavy atom. The van der Waals surface area contributed by atoms with E-state index in [0.29, 0.717) is 5.52 Å². The fourth-order valence-corrected chi connectivity index (χ4v) is 1.42. The Labute approximate surface area is 74.1 Å². The summed E-state index contributed by atoms with van der Waals surface area (Å²) in [6, 6.07) is 1.62. The van der Waals surface area contributed by atoms with Crippen LogP contribution in [0.4, 0.5) is 0 Å². The molecule has 0 amide bonds. The monoisotopic (exact) mass is 229 g/mol. The molecule has 2 aromatic heterocycles. The van der Waals surface area contributed by atoms with Crippen molar-refractivity contribution < 1.29 is 0 Å². The molecular formula is C6H4BrN3O2. The molecule has 6 heteroatoms. The average molecular weight is 230 g/mol. The Kier molecular flexibility index (Phi) is 1.44. The molecule has 2 aromatic rings. The number of rotatable bonds is 0. The van der Waals surface area contributed by atoms with Crippen molar-refractivity contribution in [3.8, 4) is 0 Å². The minimum atomic E-state index is -0.518. The first-order chi connectivity index (χ1) is 5.66. The lowest BCUT2D eigenvalue weighted by molar-refractivity contribution is 0.844. The summed E-state index contributed by atoms with van der Waals surface area (Å²) in [5, 5.41) is 2.43. The predicted octanol–water partition coefficient (Wildman–Crippen LogP) is 0.0784. The third-order valence-electron chi connectivity index (χ3n) is 1.47. The van der Waals surface area contributed by atoms with Crippen molar-refractivity contribution in [2.75, 3.05) is 0 Å². The van der Waals surface area contributed by atoms with Gasteiger partial charge in [-0.3, -0.25) is 14.3 Å². The molecule has 0 bridgehead atoms. The highest BCUT2D eigenvalue weighted by atomic mass is 79.9. The van der Waals surface area contributed by atoms with Crippen LogP contribution in [0.5, 0.6) is 0 Å². The SMILES string of the molecule is O=c1[nH]c(=O)c2cc(Br)cn2[nH]1. The topological polar surface area (TPSA) is 70.1 Å². The quantitative estimate of drug-likeness (QED) is 0.672. The van der Waals surface area contributed by atoms with Crippen molar-refractivity contribution in [2.24, 2.45) is 0 Å². The zero-order chi connectivity index (χ0) is 8.72. The van der Waals surface area contributed by atoms with Gasteiger partial charge >= 0.3 is 5.69 Å². The molecule has 2 N–H and O–H groups in total. The zero-order valence-electron chi connectivity index (χ0n) is 5.80. The Morgan fingerprint density at radius 1 is 1.42 bits per heavy atom. The van der Waals surface area contributed by atoms with Crippen LogP contribution in [0.1, 0.15) is 0 Å². The molecule has 0 saturated heterocycles. The molecule has 0 aliphatic heterocycles. The van der Waals surface area contributed by atoms with Crippen molar-refractivity contribution in [3.05, 3.63) is 37.6 Å². The van der Waals surface area contributed by atoms with E-state index in [1.54, 1.807) is 12.3 Å². The number of nitrogens with one attached hydrogen (secondary N) is 2. The van der Waals surface area contributed by atoms with Gasteiger partial charge in [0, 0.05) is 10.7 Å². The second-order valence-electron chi connectivity index (χ2n) is 2.31. The molecule has 0 saturated carbocycles. The molecule has 0 aliphatic carbocycles. The summed E-state index contributed by atoms with van der Waals surface area (Å²) >= 11 is 3.19. The Balaban J connectivity index is 3.08. The molecule has 12 heavy (non-hydrogen) atoms. The highest BCUT2D eigenvalue weighted by Crippen LogP contribution is 2.10. The van der Waals surface area contributed by atoms with E-state index in [1.807, 2.05) is 0 Å². The predicted molar refractivity (Wildman–Crippen MR) is 46.3 cm³/mol. The van der Waals surface area contributed by atoms with Gasteiger partial charge < -0.3 is 0 Å². The van der Waals surface area contributed by atoms with Gasteiger partial charge in [0.1, 0.15) is 5.52 Å². The molecule has 2 rings (SSSR count). The van der Waals surface area contributed by atoms with Gasteiger partial charge in [-0.1, -0.05) is 0 Å². The van der Waals surface area contributed by atoms with Crippen LogP contribution >= 0.6 is 15.9 Å². The third kappa shape index (κ3) is 1.00. The molecule has 0 spiro atoms. The molecule has 0 radical (unpaired) electrons. The van der Waals surface area contributed by atoms with Crippen LogP contribution < -0.4 is 11.2 Å². The summed E-state index contributed by atoms with van der Waals surface area (Å²) in [5.74, 6) is 0. The minimum absolute atomic E-state index is 0.399. The van der Waals surface area contributed by atoms with Crippen LogP contribution in [0.2, 0.25) is 0 Å². The van der Waals surface area contributed by atoms with Crippen molar-refractivity contribution in [3.63, 3.8) is 0 Å². The molecule has 0 aliphatic rings. The van der Waals surface area contributed by atoms with E-state index in [4.69, 9.17) is 0 Å². The van der Waals surface area contributed by atoms with Crippen molar-refractivity contribution in [1.29, 1.82) is 0 Å². The van der Waals surface area contributed by atoms with Crippen molar-refractivity contribution >= 4 is 21.4 Å². The van der Waals surface area contributed by atoms with Gasteiger partial charge in [-0.05, 0) is 22.0 Å². The number of halogens is 1. The van der Waals surface area contributed by atoms with Gasteiger partial charge in [0.15, 0.2) is 0 Å². The fraction of sp³-hybridized carbons (Fsp3) is 0. The fourth-order valence-electron chi connectivity index (χ4n) is 1.00. The maximum atomic E-state index is 11.1. The Morgan fingerprint density at radius 2 is 2.17 bits per heavy atom. The second kappa shape index (κ2) is 2.34. The smallest absolute Gasteiger partial charge is 0.271 e. The van der Waals surface area contributed by atoms with Crippen molar-refractivity contribution in [1.82, 2.24) is 14.6 Å². The molecule has 5 nitrogen and oxygen atoms in total. The second-order valence-corrected chi connectivity index (χ2v) is 3.22. The number of H-pyrrole nitrogens is 2. The first-order valence-corrected chi connectivity index (χ1v) is 3.96. The highest BCUT2D eigenvalue weighted by molar-refractivity contribution is 9.10. The normalized spacial score (nSPS) is 10.8. The van der Waals surface area contributed by atoms with Gasteiger partial charge in [0.05, 0.1) is 0 Å². The minimum Gasteiger partial charge on any atom is -0.271 e. The Hall–Kier alpha value is -1.30. The van der Waals surface area contributed by atoms with Gasteiger partial charge in [-0.2, -0.15) is 0 Å². The van der Waals surface area contributed by atoms with Gasteiger partial charge in [-0.15, -0.1) is 0 Å². The maximum Gasteiger partial charge on any atom is 0.340 e. The average Bonchev–Trinajstić information content (AvgIpc) is 2.29. The number of aromatic amines is 2. The molecular weight excluding hydrogens is 226 g/mol. The van der Waals surface area contributed by atoms with Gasteiger partial charge in [0.25, 0.3) is 5.56 Å². The summed E-state index contributed by atoms with van der Waals surface area (Å²) in [6.07, 6.45) is 1.60. The van der Waals surface area contributed by atoms with Crippen LogP contribution in [0.3, 0.4) is 0 Å². The summed E-state index contributed by atoms with van der Waals surface area (Å²) in [7, 11) is 0. The van der Waals surface area contributed by atoms with Crippen LogP contribution in [0, 0.1) is 0 Å². The Bertz CT molecular complexity index is 535. The van der Waals surface area contributed by atoms with E-state index >= 15 is 0 Å². The first-order valence-electron chi connectivity index (χ1n) is 3.17.